The van der Waals surface area contributed by atoms with E-state index in [2.05, 4.69) is 16.0 Å². The largest absolute Gasteiger partial charge is 0.480 e. The van der Waals surface area contributed by atoms with Gasteiger partial charge in [0.1, 0.15) is 18.1 Å². The van der Waals surface area contributed by atoms with Crippen molar-refractivity contribution in [2.75, 3.05) is 12.0 Å². The number of thioether (sulfide) groups is 1. The van der Waals surface area contributed by atoms with E-state index in [1.165, 1.54) is 11.8 Å². The summed E-state index contributed by atoms with van der Waals surface area (Å²) >= 11 is 1.49. The van der Waals surface area contributed by atoms with Gasteiger partial charge in [0.05, 0.1) is 6.04 Å². The smallest absolute Gasteiger partial charge is 0.326 e. The van der Waals surface area contributed by atoms with Gasteiger partial charge in [-0.1, -0.05) is 64.4 Å². The molecule has 6 N–H and O–H groups in total. The van der Waals surface area contributed by atoms with Crippen molar-refractivity contribution in [2.45, 2.75) is 77.5 Å². The molecule has 0 heterocycles. The van der Waals surface area contributed by atoms with Crippen molar-refractivity contribution in [3.63, 3.8) is 0 Å². The zero-order valence-electron chi connectivity index (χ0n) is 22.0. The van der Waals surface area contributed by atoms with Gasteiger partial charge in [0.25, 0.3) is 0 Å². The van der Waals surface area contributed by atoms with Crippen LogP contribution in [0.15, 0.2) is 30.3 Å². The monoisotopic (exact) mass is 522 g/mol. The molecule has 36 heavy (non-hydrogen) atoms. The summed E-state index contributed by atoms with van der Waals surface area (Å²) in [5, 5.41) is 17.6. The van der Waals surface area contributed by atoms with Crippen molar-refractivity contribution in [1.29, 1.82) is 0 Å². The summed E-state index contributed by atoms with van der Waals surface area (Å²) in [6, 6.07) is 5.50. The zero-order valence-corrected chi connectivity index (χ0v) is 22.8. The van der Waals surface area contributed by atoms with Crippen LogP contribution >= 0.6 is 11.8 Å². The number of benzene rings is 1. The number of nitrogens with two attached hydrogens (primary N) is 1. The Bertz CT molecular complexity index is 852. The Morgan fingerprint density at radius 1 is 0.944 bits per heavy atom. The van der Waals surface area contributed by atoms with E-state index in [1.807, 2.05) is 64.3 Å². The molecule has 5 unspecified atom stereocenters. The fourth-order valence-electron chi connectivity index (χ4n) is 3.66. The van der Waals surface area contributed by atoms with Gasteiger partial charge in [0.15, 0.2) is 0 Å². The van der Waals surface area contributed by atoms with Gasteiger partial charge in [-0.2, -0.15) is 11.8 Å². The molecular weight excluding hydrogens is 480 g/mol. The van der Waals surface area contributed by atoms with Crippen molar-refractivity contribution in [3.8, 4) is 0 Å². The second-order valence-electron chi connectivity index (χ2n) is 9.54. The highest BCUT2D eigenvalue weighted by molar-refractivity contribution is 7.98. The number of aliphatic carboxylic acids is 1. The summed E-state index contributed by atoms with van der Waals surface area (Å²) in [6.07, 6.45) is 3.39. The number of carboxylic acid groups (broad SMARTS) is 1. The van der Waals surface area contributed by atoms with Crippen LogP contribution in [0.2, 0.25) is 0 Å². The summed E-state index contributed by atoms with van der Waals surface area (Å²) in [5.74, 6) is -2.14. The van der Waals surface area contributed by atoms with Gasteiger partial charge >= 0.3 is 5.97 Å². The standard InChI is InChI=1S/C26H42N4O5S/c1-6-17(4)22(25(33)28-20(26(34)35)12-13-36-5)30-24(32)21(15-18-10-8-7-9-11-18)29-23(31)19(27)14-16(2)3/h7-11,16-17,19-22H,6,12-15,27H2,1-5H3,(H,28,33)(H,29,31)(H,30,32)(H,34,35). The zero-order chi connectivity index (χ0) is 27.3. The molecular formula is C26H42N4O5S. The van der Waals surface area contributed by atoms with Crippen LogP contribution in [0.4, 0.5) is 0 Å². The lowest BCUT2D eigenvalue weighted by Crippen LogP contribution is -2.59. The maximum atomic E-state index is 13.4. The summed E-state index contributed by atoms with van der Waals surface area (Å²) in [5.41, 5.74) is 6.87. The minimum Gasteiger partial charge on any atom is -0.480 e. The van der Waals surface area contributed by atoms with Crippen LogP contribution < -0.4 is 21.7 Å². The van der Waals surface area contributed by atoms with Crippen molar-refractivity contribution >= 4 is 35.5 Å². The Balaban J connectivity index is 3.10. The first-order chi connectivity index (χ1) is 17.0. The molecule has 1 aromatic carbocycles. The second-order valence-corrected chi connectivity index (χ2v) is 10.5. The predicted molar refractivity (Wildman–Crippen MR) is 143 cm³/mol. The fraction of sp³-hybridized carbons (Fsp3) is 0.615. The third-order valence-electron chi connectivity index (χ3n) is 6.00. The number of amides is 3. The van der Waals surface area contributed by atoms with Crippen LogP contribution in [0.25, 0.3) is 0 Å². The van der Waals surface area contributed by atoms with Gasteiger partial charge in [-0.3, -0.25) is 14.4 Å². The fourth-order valence-corrected chi connectivity index (χ4v) is 4.13. The molecule has 0 aliphatic carbocycles. The maximum Gasteiger partial charge on any atom is 0.326 e. The van der Waals surface area contributed by atoms with E-state index in [-0.39, 0.29) is 24.7 Å². The highest BCUT2D eigenvalue weighted by Gasteiger charge is 2.32. The maximum absolute atomic E-state index is 13.4. The lowest BCUT2D eigenvalue weighted by atomic mass is 9.96. The topological polar surface area (TPSA) is 151 Å². The average Bonchev–Trinajstić information content (AvgIpc) is 2.83. The van der Waals surface area contributed by atoms with E-state index in [4.69, 9.17) is 5.73 Å². The molecule has 3 amide bonds. The molecule has 9 nitrogen and oxygen atoms in total. The SMILES string of the molecule is CCC(C)C(NC(=O)C(Cc1ccccc1)NC(=O)C(N)CC(C)C)C(=O)NC(CCSC)C(=O)O. The van der Waals surface area contributed by atoms with E-state index in [9.17, 15) is 24.3 Å². The van der Waals surface area contributed by atoms with Crippen LogP contribution in [-0.2, 0) is 25.6 Å². The normalized spacial score (nSPS) is 15.3. The van der Waals surface area contributed by atoms with E-state index in [0.717, 1.165) is 5.56 Å². The molecule has 10 heteroatoms. The summed E-state index contributed by atoms with van der Waals surface area (Å²) in [4.78, 5) is 50.9. The Morgan fingerprint density at radius 3 is 2.08 bits per heavy atom. The first kappa shape index (κ1) is 31.4. The number of carbonyl (C=O) groups is 4. The summed E-state index contributed by atoms with van der Waals surface area (Å²) < 4.78 is 0. The van der Waals surface area contributed by atoms with Crippen molar-refractivity contribution in [1.82, 2.24) is 16.0 Å². The number of rotatable bonds is 16. The molecule has 1 aromatic rings. The van der Waals surface area contributed by atoms with Gasteiger partial charge in [-0.05, 0) is 42.2 Å². The molecule has 0 fully saturated rings. The highest BCUT2D eigenvalue weighted by Crippen LogP contribution is 2.12. The number of carbonyl (C=O) groups excluding carboxylic acids is 3. The minimum absolute atomic E-state index is 0.207. The van der Waals surface area contributed by atoms with Crippen molar-refractivity contribution in [2.24, 2.45) is 17.6 Å². The van der Waals surface area contributed by atoms with Crippen molar-refractivity contribution in [3.05, 3.63) is 35.9 Å². The van der Waals surface area contributed by atoms with Crippen LogP contribution in [0, 0.1) is 11.8 Å². The first-order valence-corrected chi connectivity index (χ1v) is 13.8. The van der Waals surface area contributed by atoms with Crippen LogP contribution in [0.1, 0.15) is 52.5 Å². The Morgan fingerprint density at radius 2 is 1.56 bits per heavy atom. The Kier molecular flexibility index (Phi) is 14.2. The predicted octanol–water partition coefficient (Wildman–Crippen LogP) is 1.94. The van der Waals surface area contributed by atoms with Gasteiger partial charge < -0.3 is 26.8 Å². The number of hydrogen-bond donors (Lipinski definition) is 5. The summed E-state index contributed by atoms with van der Waals surface area (Å²) in [7, 11) is 0. The third kappa shape index (κ3) is 11.0. The van der Waals surface area contributed by atoms with Gasteiger partial charge in [0.2, 0.25) is 17.7 Å². The van der Waals surface area contributed by atoms with Gasteiger partial charge in [0, 0.05) is 6.42 Å². The van der Waals surface area contributed by atoms with Crippen LogP contribution in [0.5, 0.6) is 0 Å². The number of nitrogens with one attached hydrogen (secondary N) is 3. The molecule has 0 aliphatic rings. The van der Waals surface area contributed by atoms with E-state index in [0.29, 0.717) is 18.6 Å². The van der Waals surface area contributed by atoms with Gasteiger partial charge in [-0.15, -0.1) is 0 Å². The Labute approximate surface area is 218 Å². The van der Waals surface area contributed by atoms with E-state index >= 15 is 0 Å². The highest BCUT2D eigenvalue weighted by atomic mass is 32.2. The molecule has 0 radical (unpaired) electrons. The van der Waals surface area contributed by atoms with Crippen LogP contribution in [-0.4, -0.2) is 65.0 Å². The molecule has 0 bridgehead atoms. The second kappa shape index (κ2) is 16.2. The molecule has 0 saturated carbocycles. The van der Waals surface area contributed by atoms with E-state index in [1.54, 1.807) is 0 Å². The van der Waals surface area contributed by atoms with Gasteiger partial charge in [-0.25, -0.2) is 4.79 Å². The molecule has 1 rings (SSSR count). The Hall–Kier alpha value is -2.59. The molecule has 5 atom stereocenters. The average molecular weight is 523 g/mol. The quantitative estimate of drug-likeness (QED) is 0.223. The number of hydrogen-bond acceptors (Lipinski definition) is 6. The van der Waals surface area contributed by atoms with E-state index < -0.39 is 47.9 Å². The molecule has 0 spiro atoms. The lowest BCUT2D eigenvalue weighted by Gasteiger charge is -2.28. The summed E-state index contributed by atoms with van der Waals surface area (Å²) in [6.45, 7) is 7.61. The molecule has 0 aliphatic heterocycles. The number of carboxylic acids is 1. The third-order valence-corrected chi connectivity index (χ3v) is 6.64. The molecule has 0 saturated heterocycles. The van der Waals surface area contributed by atoms with Crippen molar-refractivity contribution < 1.29 is 24.3 Å². The molecule has 202 valence electrons. The lowest BCUT2D eigenvalue weighted by molar-refractivity contribution is -0.142. The first-order valence-electron chi connectivity index (χ1n) is 12.4. The molecule has 0 aromatic heterocycles. The van der Waals surface area contributed by atoms with Crippen LogP contribution in [0.3, 0.4) is 0 Å². The minimum atomic E-state index is -1.13.